The molecule has 2 aromatic rings. The van der Waals surface area contributed by atoms with E-state index in [4.69, 9.17) is 5.73 Å². The Morgan fingerprint density at radius 1 is 1.30 bits per heavy atom. The molecule has 0 radical (unpaired) electrons. The summed E-state index contributed by atoms with van der Waals surface area (Å²) in [6, 6.07) is 8.49. The first-order chi connectivity index (χ1) is 12.9. The van der Waals surface area contributed by atoms with Crippen molar-refractivity contribution >= 4 is 11.8 Å². The molecule has 2 heterocycles. The molecule has 1 atom stereocenters. The summed E-state index contributed by atoms with van der Waals surface area (Å²) in [4.78, 5) is 23.7. The molecule has 0 aliphatic carbocycles. The van der Waals surface area contributed by atoms with Crippen molar-refractivity contribution in [1.82, 2.24) is 15.1 Å². The van der Waals surface area contributed by atoms with Crippen LogP contribution in [-0.4, -0.2) is 28.1 Å². The van der Waals surface area contributed by atoms with Crippen LogP contribution >= 0.6 is 0 Å². The number of amides is 2. The molecule has 0 fully saturated rings. The zero-order chi connectivity index (χ0) is 19.4. The number of aromatic nitrogens is 2. The molecular weight excluding hydrogens is 340 g/mol. The lowest BCUT2D eigenvalue weighted by Gasteiger charge is -2.24. The second-order valence-corrected chi connectivity index (χ2v) is 7.65. The Morgan fingerprint density at radius 3 is 2.70 bits per heavy atom. The SMILES string of the molecule is CC(C)c1ccc(CCC(=O)NC[C@@H]2CCn3ncc(C(N)=O)c3C2)cc1. The Morgan fingerprint density at radius 2 is 2.04 bits per heavy atom. The van der Waals surface area contributed by atoms with Gasteiger partial charge in [0.25, 0.3) is 5.91 Å². The number of primary amides is 1. The molecule has 1 aliphatic heterocycles. The quantitative estimate of drug-likeness (QED) is 0.786. The summed E-state index contributed by atoms with van der Waals surface area (Å²) >= 11 is 0. The van der Waals surface area contributed by atoms with E-state index in [1.807, 2.05) is 4.68 Å². The van der Waals surface area contributed by atoms with Gasteiger partial charge in [-0.1, -0.05) is 38.1 Å². The molecular formula is C21H28N4O2. The number of nitrogens with two attached hydrogens (primary N) is 1. The minimum atomic E-state index is -0.440. The highest BCUT2D eigenvalue weighted by Gasteiger charge is 2.24. The lowest BCUT2D eigenvalue weighted by atomic mass is 9.94. The summed E-state index contributed by atoms with van der Waals surface area (Å²) in [5.74, 6) is 0.451. The van der Waals surface area contributed by atoms with E-state index in [1.165, 1.54) is 11.1 Å². The maximum Gasteiger partial charge on any atom is 0.252 e. The third kappa shape index (κ3) is 4.76. The normalized spacial score (nSPS) is 16.2. The molecule has 6 heteroatoms. The molecule has 27 heavy (non-hydrogen) atoms. The molecule has 0 bridgehead atoms. The van der Waals surface area contributed by atoms with Crippen molar-refractivity contribution in [3.8, 4) is 0 Å². The highest BCUT2D eigenvalue weighted by Crippen LogP contribution is 2.22. The number of nitrogens with one attached hydrogen (secondary N) is 1. The van der Waals surface area contributed by atoms with Crippen LogP contribution in [-0.2, 0) is 24.2 Å². The van der Waals surface area contributed by atoms with Gasteiger partial charge in [-0.3, -0.25) is 14.3 Å². The molecule has 0 saturated carbocycles. The van der Waals surface area contributed by atoms with Gasteiger partial charge in [0.15, 0.2) is 0 Å². The lowest BCUT2D eigenvalue weighted by Crippen LogP contribution is -2.34. The Bertz CT molecular complexity index is 808. The Labute approximate surface area is 160 Å². The van der Waals surface area contributed by atoms with E-state index in [0.29, 0.717) is 30.4 Å². The Hall–Kier alpha value is -2.63. The van der Waals surface area contributed by atoms with Crippen LogP contribution in [0, 0.1) is 5.92 Å². The van der Waals surface area contributed by atoms with E-state index in [1.54, 1.807) is 6.20 Å². The third-order valence-electron chi connectivity index (χ3n) is 5.32. The summed E-state index contributed by atoms with van der Waals surface area (Å²) in [5, 5.41) is 7.26. The van der Waals surface area contributed by atoms with E-state index in [2.05, 4.69) is 48.5 Å². The molecule has 0 saturated heterocycles. The number of hydrogen-bond donors (Lipinski definition) is 2. The molecule has 2 amide bonds. The zero-order valence-corrected chi connectivity index (χ0v) is 16.1. The van der Waals surface area contributed by atoms with E-state index < -0.39 is 5.91 Å². The van der Waals surface area contributed by atoms with Crippen molar-refractivity contribution in [2.45, 2.75) is 52.0 Å². The fourth-order valence-electron chi connectivity index (χ4n) is 3.55. The average Bonchev–Trinajstić information content (AvgIpc) is 3.08. The second-order valence-electron chi connectivity index (χ2n) is 7.65. The van der Waals surface area contributed by atoms with Gasteiger partial charge in [-0.25, -0.2) is 0 Å². The van der Waals surface area contributed by atoms with E-state index in [-0.39, 0.29) is 5.91 Å². The summed E-state index contributed by atoms with van der Waals surface area (Å²) in [6.45, 7) is 5.72. The highest BCUT2D eigenvalue weighted by molar-refractivity contribution is 5.93. The topological polar surface area (TPSA) is 90.0 Å². The molecule has 144 valence electrons. The number of rotatable bonds is 7. The lowest BCUT2D eigenvalue weighted by molar-refractivity contribution is -0.121. The number of benzene rings is 1. The number of hydrogen-bond acceptors (Lipinski definition) is 3. The molecule has 0 unspecified atom stereocenters. The van der Waals surface area contributed by atoms with Gasteiger partial charge in [0.05, 0.1) is 17.5 Å². The number of carbonyl (C=O) groups is 2. The van der Waals surface area contributed by atoms with E-state index in [9.17, 15) is 9.59 Å². The van der Waals surface area contributed by atoms with Gasteiger partial charge in [-0.2, -0.15) is 5.10 Å². The monoisotopic (exact) mass is 368 g/mol. The molecule has 3 N–H and O–H groups in total. The largest absolute Gasteiger partial charge is 0.365 e. The number of aryl methyl sites for hydroxylation is 2. The number of fused-ring (bicyclic) bond motifs is 1. The molecule has 1 aromatic heterocycles. The fourth-order valence-corrected chi connectivity index (χ4v) is 3.55. The van der Waals surface area contributed by atoms with Crippen LogP contribution in [0.2, 0.25) is 0 Å². The minimum absolute atomic E-state index is 0.0668. The van der Waals surface area contributed by atoms with Crippen LogP contribution < -0.4 is 11.1 Å². The predicted molar refractivity (Wildman–Crippen MR) is 104 cm³/mol. The van der Waals surface area contributed by atoms with Gasteiger partial charge < -0.3 is 11.1 Å². The molecule has 6 nitrogen and oxygen atoms in total. The maximum atomic E-state index is 12.2. The number of carbonyl (C=O) groups excluding carboxylic acids is 2. The van der Waals surface area contributed by atoms with Crippen molar-refractivity contribution in [2.75, 3.05) is 6.54 Å². The van der Waals surface area contributed by atoms with Crippen molar-refractivity contribution in [2.24, 2.45) is 11.7 Å². The van der Waals surface area contributed by atoms with Crippen molar-refractivity contribution in [3.63, 3.8) is 0 Å². The molecule has 1 aliphatic rings. The first-order valence-electron chi connectivity index (χ1n) is 9.64. The van der Waals surface area contributed by atoms with Crippen molar-refractivity contribution in [3.05, 3.63) is 52.8 Å². The van der Waals surface area contributed by atoms with E-state index >= 15 is 0 Å². The third-order valence-corrected chi connectivity index (χ3v) is 5.32. The Kier molecular flexibility index (Phi) is 5.94. The van der Waals surface area contributed by atoms with Crippen LogP contribution in [0.1, 0.15) is 59.8 Å². The summed E-state index contributed by atoms with van der Waals surface area (Å²) in [5.41, 5.74) is 9.29. The van der Waals surface area contributed by atoms with Crippen LogP contribution in [0.5, 0.6) is 0 Å². The second kappa shape index (κ2) is 8.37. The van der Waals surface area contributed by atoms with Crippen LogP contribution in [0.4, 0.5) is 0 Å². The summed E-state index contributed by atoms with van der Waals surface area (Å²) in [7, 11) is 0. The summed E-state index contributed by atoms with van der Waals surface area (Å²) in [6.07, 6.45) is 4.42. The van der Waals surface area contributed by atoms with Gasteiger partial charge in [-0.15, -0.1) is 0 Å². The van der Waals surface area contributed by atoms with E-state index in [0.717, 1.165) is 31.5 Å². The fraction of sp³-hybridized carbons (Fsp3) is 0.476. The Balaban J connectivity index is 1.45. The van der Waals surface area contributed by atoms with Crippen LogP contribution in [0.25, 0.3) is 0 Å². The predicted octanol–water partition coefficient (Wildman–Crippen LogP) is 2.42. The van der Waals surface area contributed by atoms with Gasteiger partial charge in [0.2, 0.25) is 5.91 Å². The highest BCUT2D eigenvalue weighted by atomic mass is 16.1. The summed E-state index contributed by atoms with van der Waals surface area (Å²) < 4.78 is 1.85. The standard InChI is InChI=1S/C21H28N4O2/c1-14(2)17-6-3-15(4-7-17)5-8-20(26)23-12-16-9-10-25-19(11-16)18(13-24-25)21(22)27/h3-4,6-7,13-14,16H,5,8-12H2,1-2H3,(H2,22,27)(H,23,26)/t16-/m1/s1. The van der Waals surface area contributed by atoms with Crippen LogP contribution in [0.15, 0.2) is 30.5 Å². The van der Waals surface area contributed by atoms with Gasteiger partial charge in [-0.05, 0) is 42.2 Å². The van der Waals surface area contributed by atoms with Gasteiger partial charge in [0.1, 0.15) is 0 Å². The number of nitrogens with zero attached hydrogens (tertiary/aromatic N) is 2. The average molecular weight is 368 g/mol. The van der Waals surface area contributed by atoms with Crippen LogP contribution in [0.3, 0.4) is 0 Å². The first kappa shape index (κ1) is 19.1. The molecule has 0 spiro atoms. The van der Waals surface area contributed by atoms with Crippen molar-refractivity contribution in [1.29, 1.82) is 0 Å². The molecule has 3 rings (SSSR count). The van der Waals surface area contributed by atoms with Crippen molar-refractivity contribution < 1.29 is 9.59 Å². The minimum Gasteiger partial charge on any atom is -0.365 e. The molecule has 1 aromatic carbocycles. The van der Waals surface area contributed by atoms with Gasteiger partial charge in [0, 0.05) is 19.5 Å². The first-order valence-corrected chi connectivity index (χ1v) is 9.64. The smallest absolute Gasteiger partial charge is 0.252 e. The maximum absolute atomic E-state index is 12.2. The zero-order valence-electron chi connectivity index (χ0n) is 16.1. The van der Waals surface area contributed by atoms with Gasteiger partial charge >= 0.3 is 0 Å².